The molecule has 0 saturated carbocycles. The number of nitrogens with zero attached hydrogens (tertiary/aromatic N) is 6. The molecule has 0 atom stereocenters. The fourth-order valence-corrected chi connectivity index (χ4v) is 2.99. The van der Waals surface area contributed by atoms with Crippen LogP contribution in [0.4, 0.5) is 5.82 Å². The number of furan rings is 1. The Morgan fingerprint density at radius 3 is 2.83 bits per heavy atom. The molecule has 0 radical (unpaired) electrons. The number of carbonyl (C=O) groups is 1. The molecule has 0 N–H and O–H groups in total. The van der Waals surface area contributed by atoms with E-state index in [9.17, 15) is 4.79 Å². The van der Waals surface area contributed by atoms with Crippen LogP contribution in [0.25, 0.3) is 5.78 Å². The fraction of sp³-hybridized carbons (Fsp3) is 0.375. The standard InChI is InChI=1S/C16H18N6O2/c1-2-12-10-14(18-16-19-17-11-22(12)16)20-5-7-21(8-6-20)15(23)13-4-3-9-24-13/h3-4,9-11H,2,5-8H2,1H3. The summed E-state index contributed by atoms with van der Waals surface area (Å²) in [5.41, 5.74) is 1.12. The van der Waals surface area contributed by atoms with Crippen LogP contribution in [-0.4, -0.2) is 56.6 Å². The highest BCUT2D eigenvalue weighted by Crippen LogP contribution is 2.18. The number of rotatable bonds is 3. The molecule has 8 heteroatoms. The summed E-state index contributed by atoms with van der Waals surface area (Å²) in [6.07, 6.45) is 4.08. The van der Waals surface area contributed by atoms with E-state index in [1.165, 1.54) is 6.26 Å². The van der Waals surface area contributed by atoms with Gasteiger partial charge < -0.3 is 14.2 Å². The number of fused-ring (bicyclic) bond motifs is 1. The smallest absolute Gasteiger partial charge is 0.289 e. The molecule has 4 rings (SSSR count). The number of carbonyl (C=O) groups excluding carboxylic acids is 1. The second kappa shape index (κ2) is 5.95. The number of aromatic nitrogens is 4. The summed E-state index contributed by atoms with van der Waals surface area (Å²) in [7, 11) is 0. The molecule has 0 spiro atoms. The third-order valence-corrected chi connectivity index (χ3v) is 4.33. The molecule has 0 bridgehead atoms. The summed E-state index contributed by atoms with van der Waals surface area (Å²) in [4.78, 5) is 20.9. The molecule has 1 aliphatic heterocycles. The SMILES string of the molecule is CCc1cc(N2CCN(C(=O)c3ccco3)CC2)nc2nncn12. The Morgan fingerprint density at radius 1 is 1.29 bits per heavy atom. The number of amides is 1. The van der Waals surface area contributed by atoms with Crippen LogP contribution in [-0.2, 0) is 6.42 Å². The van der Waals surface area contributed by atoms with Gasteiger partial charge in [0.05, 0.1) is 6.26 Å². The van der Waals surface area contributed by atoms with Crippen molar-refractivity contribution in [2.24, 2.45) is 0 Å². The van der Waals surface area contributed by atoms with E-state index in [1.807, 2.05) is 9.30 Å². The van der Waals surface area contributed by atoms with Crippen molar-refractivity contribution in [1.82, 2.24) is 24.5 Å². The molecular formula is C16H18N6O2. The van der Waals surface area contributed by atoms with Crippen LogP contribution < -0.4 is 4.90 Å². The molecule has 1 aliphatic rings. The van der Waals surface area contributed by atoms with Crippen LogP contribution in [0.3, 0.4) is 0 Å². The van der Waals surface area contributed by atoms with Crippen molar-refractivity contribution in [3.05, 3.63) is 42.2 Å². The monoisotopic (exact) mass is 326 g/mol. The molecule has 1 fully saturated rings. The summed E-state index contributed by atoms with van der Waals surface area (Å²) >= 11 is 0. The molecule has 4 heterocycles. The van der Waals surface area contributed by atoms with Crippen molar-refractivity contribution in [3.8, 4) is 0 Å². The fourth-order valence-electron chi connectivity index (χ4n) is 2.99. The lowest BCUT2D eigenvalue weighted by Gasteiger charge is -2.35. The maximum atomic E-state index is 12.3. The minimum Gasteiger partial charge on any atom is -0.459 e. The maximum Gasteiger partial charge on any atom is 0.289 e. The zero-order chi connectivity index (χ0) is 16.5. The lowest BCUT2D eigenvalue weighted by Crippen LogP contribution is -2.49. The van der Waals surface area contributed by atoms with Crippen LogP contribution >= 0.6 is 0 Å². The van der Waals surface area contributed by atoms with Gasteiger partial charge in [0.1, 0.15) is 12.1 Å². The van der Waals surface area contributed by atoms with E-state index in [0.29, 0.717) is 24.6 Å². The van der Waals surface area contributed by atoms with Crippen LogP contribution in [0.2, 0.25) is 0 Å². The Morgan fingerprint density at radius 2 is 2.12 bits per heavy atom. The van der Waals surface area contributed by atoms with Crippen LogP contribution in [0.5, 0.6) is 0 Å². The largest absolute Gasteiger partial charge is 0.459 e. The Hall–Kier alpha value is -2.90. The number of aryl methyl sites for hydroxylation is 1. The second-order valence-corrected chi connectivity index (χ2v) is 5.72. The van der Waals surface area contributed by atoms with Crippen LogP contribution in [0.15, 0.2) is 35.2 Å². The van der Waals surface area contributed by atoms with Gasteiger partial charge in [-0.25, -0.2) is 0 Å². The van der Waals surface area contributed by atoms with Gasteiger partial charge in [-0.05, 0) is 18.6 Å². The molecule has 0 aliphatic carbocycles. The number of piperazine rings is 1. The summed E-state index contributed by atoms with van der Waals surface area (Å²) in [6.45, 7) is 4.83. The van der Waals surface area contributed by atoms with E-state index in [-0.39, 0.29) is 5.91 Å². The van der Waals surface area contributed by atoms with E-state index < -0.39 is 0 Å². The third kappa shape index (κ3) is 2.49. The van der Waals surface area contributed by atoms with Crippen LogP contribution in [0.1, 0.15) is 23.2 Å². The highest BCUT2D eigenvalue weighted by Gasteiger charge is 2.24. The molecule has 0 unspecified atom stereocenters. The summed E-state index contributed by atoms with van der Waals surface area (Å²) in [6, 6.07) is 5.50. The minimum atomic E-state index is -0.0604. The van der Waals surface area contributed by atoms with E-state index in [2.05, 4.69) is 33.1 Å². The lowest BCUT2D eigenvalue weighted by atomic mass is 10.2. The number of anilines is 1. The van der Waals surface area contributed by atoms with Gasteiger partial charge >= 0.3 is 0 Å². The molecule has 0 aromatic carbocycles. The third-order valence-electron chi connectivity index (χ3n) is 4.33. The highest BCUT2D eigenvalue weighted by atomic mass is 16.3. The van der Waals surface area contributed by atoms with E-state index >= 15 is 0 Å². The van der Waals surface area contributed by atoms with Crippen molar-refractivity contribution in [2.45, 2.75) is 13.3 Å². The predicted molar refractivity (Wildman–Crippen MR) is 87.0 cm³/mol. The topological polar surface area (TPSA) is 79.8 Å². The van der Waals surface area contributed by atoms with E-state index in [1.54, 1.807) is 18.5 Å². The molecule has 124 valence electrons. The quantitative estimate of drug-likeness (QED) is 0.720. The van der Waals surface area contributed by atoms with Gasteiger partial charge in [0, 0.05) is 37.9 Å². The first-order chi connectivity index (χ1) is 11.8. The Labute approximate surface area is 138 Å². The summed E-state index contributed by atoms with van der Waals surface area (Å²) in [5.74, 6) is 1.82. The Bertz CT molecular complexity index is 849. The van der Waals surface area contributed by atoms with Gasteiger partial charge in [0.2, 0.25) is 0 Å². The van der Waals surface area contributed by atoms with E-state index in [4.69, 9.17) is 4.42 Å². The van der Waals surface area contributed by atoms with Gasteiger partial charge in [-0.3, -0.25) is 9.20 Å². The van der Waals surface area contributed by atoms with Gasteiger partial charge in [0.25, 0.3) is 11.7 Å². The number of hydrogen-bond donors (Lipinski definition) is 0. The zero-order valence-corrected chi connectivity index (χ0v) is 13.4. The first kappa shape index (κ1) is 14.7. The molecule has 3 aromatic rings. The first-order valence-electron chi connectivity index (χ1n) is 8.03. The van der Waals surface area contributed by atoms with Gasteiger partial charge in [-0.15, -0.1) is 10.2 Å². The average Bonchev–Trinajstić information content (AvgIpc) is 3.31. The molecule has 1 amide bonds. The summed E-state index contributed by atoms with van der Waals surface area (Å²) in [5, 5.41) is 7.99. The van der Waals surface area contributed by atoms with E-state index in [0.717, 1.165) is 31.0 Å². The van der Waals surface area contributed by atoms with Crippen molar-refractivity contribution < 1.29 is 9.21 Å². The maximum absolute atomic E-state index is 12.3. The zero-order valence-electron chi connectivity index (χ0n) is 13.4. The predicted octanol–water partition coefficient (Wildman–Crippen LogP) is 1.24. The van der Waals surface area contributed by atoms with Crippen molar-refractivity contribution >= 4 is 17.5 Å². The van der Waals surface area contributed by atoms with Crippen LogP contribution in [0, 0.1) is 0 Å². The minimum absolute atomic E-state index is 0.0604. The van der Waals surface area contributed by atoms with Crippen molar-refractivity contribution in [2.75, 3.05) is 31.1 Å². The Balaban J connectivity index is 1.50. The molecule has 8 nitrogen and oxygen atoms in total. The van der Waals surface area contributed by atoms with Crippen molar-refractivity contribution in [1.29, 1.82) is 0 Å². The average molecular weight is 326 g/mol. The second-order valence-electron chi connectivity index (χ2n) is 5.72. The lowest BCUT2D eigenvalue weighted by molar-refractivity contribution is 0.0714. The highest BCUT2D eigenvalue weighted by molar-refractivity contribution is 5.91. The normalized spacial score (nSPS) is 15.2. The number of hydrogen-bond acceptors (Lipinski definition) is 6. The Kier molecular flexibility index (Phi) is 3.64. The molecular weight excluding hydrogens is 308 g/mol. The van der Waals surface area contributed by atoms with Gasteiger partial charge in [-0.1, -0.05) is 6.92 Å². The van der Waals surface area contributed by atoms with Gasteiger partial charge in [-0.2, -0.15) is 4.98 Å². The van der Waals surface area contributed by atoms with Crippen molar-refractivity contribution in [3.63, 3.8) is 0 Å². The summed E-state index contributed by atoms with van der Waals surface area (Å²) < 4.78 is 7.10. The molecule has 24 heavy (non-hydrogen) atoms. The molecule has 3 aromatic heterocycles. The first-order valence-corrected chi connectivity index (χ1v) is 8.03. The van der Waals surface area contributed by atoms with Gasteiger partial charge in [0.15, 0.2) is 5.76 Å². The molecule has 1 saturated heterocycles.